The van der Waals surface area contributed by atoms with Crippen molar-refractivity contribution >= 4 is 35.5 Å². The van der Waals surface area contributed by atoms with Gasteiger partial charge in [0.1, 0.15) is 0 Å². The van der Waals surface area contributed by atoms with E-state index in [2.05, 4.69) is 5.32 Å². The summed E-state index contributed by atoms with van der Waals surface area (Å²) in [7, 11) is 0. The second-order valence-corrected chi connectivity index (χ2v) is 7.99. The average Bonchev–Trinajstić information content (AvgIpc) is 2.78. The Morgan fingerprint density at radius 3 is 2.38 bits per heavy atom. The molecule has 1 aromatic rings. The number of amides is 3. The van der Waals surface area contributed by atoms with Crippen LogP contribution in [0.15, 0.2) is 18.2 Å². The van der Waals surface area contributed by atoms with Crippen molar-refractivity contribution in [1.82, 2.24) is 10.2 Å². The van der Waals surface area contributed by atoms with Crippen molar-refractivity contribution in [3.63, 3.8) is 0 Å². The maximum atomic E-state index is 12.5. The number of carbonyl (C=O) groups is 4. The number of fused-ring (bicyclic) bond motifs is 1. The molecule has 0 saturated heterocycles. The number of carboxylic acid groups (broad SMARTS) is 1. The molecule has 3 amide bonds. The number of rotatable bonds is 7. The first-order valence-electron chi connectivity index (χ1n) is 8.18. The first kappa shape index (κ1) is 20.0. The van der Waals surface area contributed by atoms with Crippen LogP contribution in [0.5, 0.6) is 0 Å². The zero-order valence-corrected chi connectivity index (χ0v) is 15.8. The molecule has 2 N–H and O–H groups in total. The maximum absolute atomic E-state index is 12.5. The van der Waals surface area contributed by atoms with Gasteiger partial charge in [-0.3, -0.25) is 24.1 Å². The Morgan fingerprint density at radius 1 is 1.12 bits per heavy atom. The number of nitrogens with zero attached hydrogens (tertiary/aromatic N) is 1. The van der Waals surface area contributed by atoms with E-state index in [9.17, 15) is 19.2 Å². The van der Waals surface area contributed by atoms with E-state index in [0.29, 0.717) is 11.1 Å². The van der Waals surface area contributed by atoms with E-state index in [-0.39, 0.29) is 47.7 Å². The van der Waals surface area contributed by atoms with E-state index in [1.165, 1.54) is 0 Å². The van der Waals surface area contributed by atoms with Gasteiger partial charge in [-0.2, -0.15) is 0 Å². The molecule has 1 aliphatic rings. The topological polar surface area (TPSA) is 104 Å². The SMILES string of the molecule is CC(C)(C)c1ccc2c(c1)C(=O)N(CCNC(=O)CSCC(=O)O)C2=O. The third kappa shape index (κ3) is 4.63. The molecule has 0 atom stereocenters. The van der Waals surface area contributed by atoms with Crippen molar-refractivity contribution in [2.45, 2.75) is 26.2 Å². The normalized spacial score (nSPS) is 13.7. The lowest BCUT2D eigenvalue weighted by Crippen LogP contribution is -2.38. The van der Waals surface area contributed by atoms with Crippen LogP contribution in [0, 0.1) is 0 Å². The van der Waals surface area contributed by atoms with Crippen LogP contribution in [0.1, 0.15) is 47.1 Å². The third-order valence-electron chi connectivity index (χ3n) is 3.95. The van der Waals surface area contributed by atoms with E-state index >= 15 is 0 Å². The summed E-state index contributed by atoms with van der Waals surface area (Å²) in [6.07, 6.45) is 0. The predicted molar refractivity (Wildman–Crippen MR) is 98.5 cm³/mol. The molecule has 0 unspecified atom stereocenters. The summed E-state index contributed by atoms with van der Waals surface area (Å²) < 4.78 is 0. The molecule has 0 spiro atoms. The van der Waals surface area contributed by atoms with E-state index in [0.717, 1.165) is 22.2 Å². The highest BCUT2D eigenvalue weighted by Crippen LogP contribution is 2.29. The number of carboxylic acids is 1. The van der Waals surface area contributed by atoms with Crippen molar-refractivity contribution in [2.24, 2.45) is 0 Å². The van der Waals surface area contributed by atoms with Gasteiger partial charge in [-0.05, 0) is 23.1 Å². The molecule has 1 aromatic carbocycles. The molecule has 2 rings (SSSR count). The molecule has 1 heterocycles. The number of carbonyl (C=O) groups excluding carboxylic acids is 3. The molecule has 7 nitrogen and oxygen atoms in total. The number of imide groups is 1. The van der Waals surface area contributed by atoms with Crippen LogP contribution in [0.25, 0.3) is 0 Å². The van der Waals surface area contributed by atoms with Crippen LogP contribution in [0.3, 0.4) is 0 Å². The Balaban J connectivity index is 1.93. The monoisotopic (exact) mass is 378 g/mol. The van der Waals surface area contributed by atoms with Crippen LogP contribution in [0.2, 0.25) is 0 Å². The lowest BCUT2D eigenvalue weighted by Gasteiger charge is -2.19. The van der Waals surface area contributed by atoms with Crippen molar-refractivity contribution in [1.29, 1.82) is 0 Å². The van der Waals surface area contributed by atoms with Crippen molar-refractivity contribution in [3.05, 3.63) is 34.9 Å². The first-order valence-corrected chi connectivity index (χ1v) is 9.33. The number of hydrogen-bond acceptors (Lipinski definition) is 5. The maximum Gasteiger partial charge on any atom is 0.313 e. The molecule has 0 fully saturated rings. The minimum Gasteiger partial charge on any atom is -0.481 e. The Hall–Kier alpha value is -2.35. The van der Waals surface area contributed by atoms with Gasteiger partial charge in [-0.15, -0.1) is 11.8 Å². The third-order valence-corrected chi connectivity index (χ3v) is 4.87. The number of aliphatic carboxylic acids is 1. The second kappa shape index (κ2) is 7.90. The molecule has 1 aliphatic heterocycles. The molecular weight excluding hydrogens is 356 g/mol. The van der Waals surface area contributed by atoms with Crippen LogP contribution >= 0.6 is 11.8 Å². The van der Waals surface area contributed by atoms with Gasteiger partial charge in [0.15, 0.2) is 0 Å². The minimum absolute atomic E-state index is 0.0172. The summed E-state index contributed by atoms with van der Waals surface area (Å²) in [5.41, 5.74) is 1.62. The number of thioether (sulfide) groups is 1. The molecule has 8 heteroatoms. The van der Waals surface area contributed by atoms with Gasteiger partial charge in [0.05, 0.1) is 22.6 Å². The van der Waals surface area contributed by atoms with E-state index in [4.69, 9.17) is 5.11 Å². The number of hydrogen-bond donors (Lipinski definition) is 2. The van der Waals surface area contributed by atoms with Crippen molar-refractivity contribution < 1.29 is 24.3 Å². The lowest BCUT2D eigenvalue weighted by molar-refractivity contribution is -0.133. The lowest BCUT2D eigenvalue weighted by atomic mass is 9.85. The molecule has 0 saturated carbocycles. The van der Waals surface area contributed by atoms with E-state index in [1.807, 2.05) is 26.8 Å². The Morgan fingerprint density at radius 2 is 1.77 bits per heavy atom. The van der Waals surface area contributed by atoms with Gasteiger partial charge in [-0.1, -0.05) is 26.8 Å². The van der Waals surface area contributed by atoms with Gasteiger partial charge >= 0.3 is 5.97 Å². The predicted octanol–water partition coefficient (Wildman–Crippen LogP) is 1.51. The number of benzene rings is 1. The standard InChI is InChI=1S/C18H22N2O5S/c1-18(2,3)11-4-5-12-13(8-11)17(25)20(16(12)24)7-6-19-14(21)9-26-10-15(22)23/h4-5,8H,6-7,9-10H2,1-3H3,(H,19,21)(H,22,23). The summed E-state index contributed by atoms with van der Waals surface area (Å²) in [4.78, 5) is 48.1. The highest BCUT2D eigenvalue weighted by Gasteiger charge is 2.36. The zero-order chi connectivity index (χ0) is 19.5. The molecular formula is C18H22N2O5S. The zero-order valence-electron chi connectivity index (χ0n) is 15.0. The van der Waals surface area contributed by atoms with Crippen LogP contribution < -0.4 is 5.32 Å². The highest BCUT2D eigenvalue weighted by atomic mass is 32.2. The fourth-order valence-corrected chi connectivity index (χ4v) is 3.11. The summed E-state index contributed by atoms with van der Waals surface area (Å²) in [6, 6.07) is 5.29. The van der Waals surface area contributed by atoms with Crippen LogP contribution in [-0.2, 0) is 15.0 Å². The largest absolute Gasteiger partial charge is 0.481 e. The van der Waals surface area contributed by atoms with Gasteiger partial charge in [0.25, 0.3) is 11.8 Å². The molecule has 0 bridgehead atoms. The fraction of sp³-hybridized carbons (Fsp3) is 0.444. The van der Waals surface area contributed by atoms with Gasteiger partial charge < -0.3 is 10.4 Å². The number of nitrogens with one attached hydrogen (secondary N) is 1. The Kier molecular flexibility index (Phi) is 6.07. The molecule has 0 aliphatic carbocycles. The van der Waals surface area contributed by atoms with E-state index < -0.39 is 5.97 Å². The first-order chi connectivity index (χ1) is 12.1. The van der Waals surface area contributed by atoms with Crippen LogP contribution in [-0.4, -0.2) is 58.3 Å². The van der Waals surface area contributed by atoms with Gasteiger partial charge in [0.2, 0.25) is 5.91 Å². The van der Waals surface area contributed by atoms with Crippen molar-refractivity contribution in [2.75, 3.05) is 24.6 Å². The quantitative estimate of drug-likeness (QED) is 0.697. The summed E-state index contributed by atoms with van der Waals surface area (Å²) >= 11 is 0.988. The smallest absolute Gasteiger partial charge is 0.313 e. The summed E-state index contributed by atoms with van der Waals surface area (Å²) in [6.45, 7) is 6.31. The Bertz CT molecular complexity index is 754. The molecule has 0 aromatic heterocycles. The Labute approximate surface area is 156 Å². The van der Waals surface area contributed by atoms with Crippen LogP contribution in [0.4, 0.5) is 0 Å². The molecule has 26 heavy (non-hydrogen) atoms. The average molecular weight is 378 g/mol. The minimum atomic E-state index is -0.983. The van der Waals surface area contributed by atoms with E-state index in [1.54, 1.807) is 12.1 Å². The van der Waals surface area contributed by atoms with Gasteiger partial charge in [-0.25, -0.2) is 0 Å². The highest BCUT2D eigenvalue weighted by molar-refractivity contribution is 8.00. The van der Waals surface area contributed by atoms with Gasteiger partial charge in [0, 0.05) is 13.1 Å². The molecule has 140 valence electrons. The molecule has 0 radical (unpaired) electrons. The second-order valence-electron chi connectivity index (χ2n) is 7.01. The fourth-order valence-electron chi connectivity index (χ4n) is 2.55. The van der Waals surface area contributed by atoms with Crippen molar-refractivity contribution in [3.8, 4) is 0 Å². The summed E-state index contributed by atoms with van der Waals surface area (Å²) in [5.74, 6) is -2.16. The summed E-state index contributed by atoms with van der Waals surface area (Å²) in [5, 5.41) is 11.1.